The van der Waals surface area contributed by atoms with Gasteiger partial charge in [-0.15, -0.1) is 0 Å². The van der Waals surface area contributed by atoms with Crippen molar-refractivity contribution in [3.8, 4) is 0 Å². The molecule has 0 unspecified atom stereocenters. The molecule has 1 atom stereocenters. The van der Waals surface area contributed by atoms with Gasteiger partial charge in [0.05, 0.1) is 5.69 Å². The topological polar surface area (TPSA) is 33.4 Å². The fraction of sp³-hybridized carbons (Fsp3) is 0.625. The predicted molar refractivity (Wildman–Crippen MR) is 80.8 cm³/mol. The van der Waals surface area contributed by atoms with Crippen LogP contribution in [0.2, 0.25) is 0 Å². The number of likely N-dealkylation sites (tertiary alicyclic amines) is 1. The zero-order valence-corrected chi connectivity index (χ0v) is 12.8. The summed E-state index contributed by atoms with van der Waals surface area (Å²) in [5.41, 5.74) is 3.39. The van der Waals surface area contributed by atoms with Crippen molar-refractivity contribution >= 4 is 5.78 Å². The molecule has 4 heteroatoms. The highest BCUT2D eigenvalue weighted by atomic mass is 15.2. The third-order valence-electron chi connectivity index (χ3n) is 4.40. The fourth-order valence-electron chi connectivity index (χ4n) is 3.33. The summed E-state index contributed by atoms with van der Waals surface area (Å²) in [5, 5.41) is 0. The van der Waals surface area contributed by atoms with Gasteiger partial charge in [-0.2, -0.15) is 0 Å². The second-order valence-corrected chi connectivity index (χ2v) is 5.97. The standard InChI is InChI=1S/C16H24N4/c1-4-15-7-5-6-8-19(15)10-14-11-20-13(3)9-12(2)17-16(20)18-14/h9,11,15H,4-8,10H2,1-3H3/t15-/m0/s1. The van der Waals surface area contributed by atoms with Gasteiger partial charge in [0.25, 0.3) is 0 Å². The van der Waals surface area contributed by atoms with Crippen LogP contribution in [0.3, 0.4) is 0 Å². The highest BCUT2D eigenvalue weighted by Gasteiger charge is 2.21. The smallest absolute Gasteiger partial charge is 0.234 e. The Morgan fingerprint density at radius 3 is 2.90 bits per heavy atom. The van der Waals surface area contributed by atoms with Crippen LogP contribution in [-0.4, -0.2) is 31.9 Å². The van der Waals surface area contributed by atoms with Gasteiger partial charge in [-0.25, -0.2) is 9.97 Å². The molecule has 3 rings (SSSR count). The predicted octanol–water partition coefficient (Wildman–Crippen LogP) is 3.11. The van der Waals surface area contributed by atoms with Gasteiger partial charge in [0.15, 0.2) is 0 Å². The Balaban J connectivity index is 1.85. The minimum Gasteiger partial charge on any atom is -0.295 e. The third kappa shape index (κ3) is 2.57. The lowest BCUT2D eigenvalue weighted by Crippen LogP contribution is -2.38. The van der Waals surface area contributed by atoms with E-state index in [0.29, 0.717) is 0 Å². The molecule has 0 saturated carbocycles. The van der Waals surface area contributed by atoms with E-state index in [1.807, 2.05) is 6.92 Å². The molecule has 0 aliphatic carbocycles. The second-order valence-electron chi connectivity index (χ2n) is 5.97. The summed E-state index contributed by atoms with van der Waals surface area (Å²) in [6, 6.07) is 2.83. The van der Waals surface area contributed by atoms with Gasteiger partial charge in [-0.1, -0.05) is 13.3 Å². The monoisotopic (exact) mass is 272 g/mol. The highest BCUT2D eigenvalue weighted by molar-refractivity contribution is 5.34. The number of piperidine rings is 1. The number of aryl methyl sites for hydroxylation is 2. The van der Waals surface area contributed by atoms with Gasteiger partial charge in [0.2, 0.25) is 5.78 Å². The molecule has 108 valence electrons. The van der Waals surface area contributed by atoms with Gasteiger partial charge in [-0.3, -0.25) is 9.30 Å². The molecule has 3 heterocycles. The largest absolute Gasteiger partial charge is 0.295 e. The zero-order chi connectivity index (χ0) is 14.1. The molecular weight excluding hydrogens is 248 g/mol. The zero-order valence-electron chi connectivity index (χ0n) is 12.8. The van der Waals surface area contributed by atoms with Gasteiger partial charge >= 0.3 is 0 Å². The van der Waals surface area contributed by atoms with Crippen LogP contribution in [0.1, 0.15) is 49.7 Å². The molecule has 1 aliphatic heterocycles. The van der Waals surface area contributed by atoms with Crippen LogP contribution in [0.5, 0.6) is 0 Å². The van der Waals surface area contributed by atoms with Gasteiger partial charge < -0.3 is 0 Å². The third-order valence-corrected chi connectivity index (χ3v) is 4.40. The van der Waals surface area contributed by atoms with E-state index >= 15 is 0 Å². The Kier molecular flexibility index (Phi) is 3.74. The van der Waals surface area contributed by atoms with Gasteiger partial charge in [0, 0.05) is 30.2 Å². The summed E-state index contributed by atoms with van der Waals surface area (Å²) < 4.78 is 2.10. The van der Waals surface area contributed by atoms with Crippen molar-refractivity contribution in [3.63, 3.8) is 0 Å². The van der Waals surface area contributed by atoms with Crippen molar-refractivity contribution < 1.29 is 0 Å². The molecule has 0 aromatic carbocycles. The lowest BCUT2D eigenvalue weighted by Gasteiger charge is -2.34. The Bertz CT molecular complexity index is 602. The van der Waals surface area contributed by atoms with Crippen molar-refractivity contribution in [3.05, 3.63) is 29.3 Å². The molecule has 1 fully saturated rings. The first-order valence-corrected chi connectivity index (χ1v) is 7.73. The molecule has 1 aliphatic rings. The fourth-order valence-corrected chi connectivity index (χ4v) is 3.33. The number of rotatable bonds is 3. The molecule has 4 nitrogen and oxygen atoms in total. The number of aromatic nitrogens is 3. The average molecular weight is 272 g/mol. The second kappa shape index (κ2) is 5.52. The number of imidazole rings is 1. The quantitative estimate of drug-likeness (QED) is 0.861. The van der Waals surface area contributed by atoms with Gasteiger partial charge in [-0.05, 0) is 45.7 Å². The Labute approximate surface area is 120 Å². The van der Waals surface area contributed by atoms with E-state index < -0.39 is 0 Å². The van der Waals surface area contributed by atoms with Crippen molar-refractivity contribution in [2.24, 2.45) is 0 Å². The summed E-state index contributed by atoms with van der Waals surface area (Å²) in [7, 11) is 0. The lowest BCUT2D eigenvalue weighted by molar-refractivity contribution is 0.134. The van der Waals surface area contributed by atoms with Crippen LogP contribution < -0.4 is 0 Å². The number of fused-ring (bicyclic) bond motifs is 1. The molecule has 0 amide bonds. The van der Waals surface area contributed by atoms with E-state index in [2.05, 4.69) is 40.4 Å². The van der Waals surface area contributed by atoms with Crippen molar-refractivity contribution in [2.45, 2.75) is 59.0 Å². The van der Waals surface area contributed by atoms with Crippen molar-refractivity contribution in [1.82, 2.24) is 19.3 Å². The average Bonchev–Trinajstić information content (AvgIpc) is 2.82. The van der Waals surface area contributed by atoms with E-state index in [4.69, 9.17) is 4.98 Å². The maximum atomic E-state index is 4.71. The minimum atomic E-state index is 0.726. The maximum Gasteiger partial charge on any atom is 0.234 e. The van der Waals surface area contributed by atoms with Crippen LogP contribution in [0.15, 0.2) is 12.3 Å². The molecule has 0 N–H and O–H groups in total. The minimum absolute atomic E-state index is 0.726. The molecule has 0 radical (unpaired) electrons. The number of hydrogen-bond donors (Lipinski definition) is 0. The highest BCUT2D eigenvalue weighted by Crippen LogP contribution is 2.21. The summed E-state index contributed by atoms with van der Waals surface area (Å²) in [4.78, 5) is 11.8. The summed E-state index contributed by atoms with van der Waals surface area (Å²) in [6.07, 6.45) is 7.42. The lowest BCUT2D eigenvalue weighted by atomic mass is 10.00. The van der Waals surface area contributed by atoms with E-state index in [9.17, 15) is 0 Å². The van der Waals surface area contributed by atoms with Crippen molar-refractivity contribution in [1.29, 1.82) is 0 Å². The van der Waals surface area contributed by atoms with E-state index in [-0.39, 0.29) is 0 Å². The molecule has 0 spiro atoms. The van der Waals surface area contributed by atoms with Crippen LogP contribution in [0.25, 0.3) is 5.78 Å². The Morgan fingerprint density at radius 1 is 1.25 bits per heavy atom. The molecule has 2 aromatic heterocycles. The van der Waals surface area contributed by atoms with E-state index in [0.717, 1.165) is 29.8 Å². The normalized spacial score (nSPS) is 20.6. The molecule has 20 heavy (non-hydrogen) atoms. The Morgan fingerprint density at radius 2 is 2.10 bits per heavy atom. The number of hydrogen-bond acceptors (Lipinski definition) is 3. The first-order valence-electron chi connectivity index (χ1n) is 7.73. The summed E-state index contributed by atoms with van der Waals surface area (Å²) in [6.45, 7) is 8.60. The Hall–Kier alpha value is -1.42. The van der Waals surface area contributed by atoms with Crippen LogP contribution in [0.4, 0.5) is 0 Å². The molecular formula is C16H24N4. The molecule has 1 saturated heterocycles. The summed E-state index contributed by atoms with van der Waals surface area (Å²) >= 11 is 0. The van der Waals surface area contributed by atoms with Crippen molar-refractivity contribution in [2.75, 3.05) is 6.54 Å². The van der Waals surface area contributed by atoms with Crippen LogP contribution >= 0.6 is 0 Å². The summed E-state index contributed by atoms with van der Waals surface area (Å²) in [5.74, 6) is 0.836. The van der Waals surface area contributed by atoms with E-state index in [1.165, 1.54) is 37.9 Å². The first kappa shape index (κ1) is 13.6. The van der Waals surface area contributed by atoms with Crippen LogP contribution in [-0.2, 0) is 6.54 Å². The SMILES string of the molecule is CC[C@H]1CCCCN1Cc1cn2c(C)cc(C)nc2n1. The molecule has 2 aromatic rings. The van der Waals surface area contributed by atoms with Crippen LogP contribution in [0, 0.1) is 13.8 Å². The maximum absolute atomic E-state index is 4.71. The van der Waals surface area contributed by atoms with E-state index in [1.54, 1.807) is 0 Å². The number of nitrogens with zero attached hydrogens (tertiary/aromatic N) is 4. The molecule has 0 bridgehead atoms. The first-order chi connectivity index (χ1) is 9.67. The van der Waals surface area contributed by atoms with Gasteiger partial charge in [0.1, 0.15) is 0 Å².